The van der Waals surface area contributed by atoms with Gasteiger partial charge in [0.25, 0.3) is 5.91 Å². The van der Waals surface area contributed by atoms with Gasteiger partial charge in [0.1, 0.15) is 0 Å². The molecule has 4 nitrogen and oxygen atoms in total. The SMILES string of the molecule is NC(=O)C(O)c1cccnc1. The van der Waals surface area contributed by atoms with Crippen molar-refractivity contribution in [2.24, 2.45) is 5.73 Å². The highest BCUT2D eigenvalue weighted by Crippen LogP contribution is 2.08. The van der Waals surface area contributed by atoms with Crippen LogP contribution in [0.5, 0.6) is 0 Å². The third kappa shape index (κ3) is 1.75. The Balaban J connectivity index is 2.85. The number of nitrogens with two attached hydrogens (primary N) is 1. The number of carbonyl (C=O) groups is 1. The molecule has 0 fully saturated rings. The van der Waals surface area contributed by atoms with Gasteiger partial charge in [0, 0.05) is 18.0 Å². The van der Waals surface area contributed by atoms with E-state index in [-0.39, 0.29) is 0 Å². The average molecular weight is 152 g/mol. The van der Waals surface area contributed by atoms with E-state index < -0.39 is 12.0 Å². The minimum Gasteiger partial charge on any atom is -0.378 e. The van der Waals surface area contributed by atoms with Gasteiger partial charge < -0.3 is 10.8 Å². The molecule has 1 rings (SSSR count). The van der Waals surface area contributed by atoms with Crippen molar-refractivity contribution in [3.8, 4) is 0 Å². The Hall–Kier alpha value is -1.42. The zero-order valence-corrected chi connectivity index (χ0v) is 5.77. The molecule has 3 N–H and O–H groups in total. The second kappa shape index (κ2) is 3.12. The molecule has 0 aliphatic rings. The molecule has 0 aromatic carbocycles. The largest absolute Gasteiger partial charge is 0.378 e. The van der Waals surface area contributed by atoms with Gasteiger partial charge >= 0.3 is 0 Å². The van der Waals surface area contributed by atoms with Crippen molar-refractivity contribution in [2.45, 2.75) is 6.10 Å². The third-order valence-electron chi connectivity index (χ3n) is 1.27. The molecule has 4 heteroatoms. The Labute approximate surface area is 63.7 Å². The lowest BCUT2D eigenvalue weighted by Gasteiger charge is -2.03. The number of rotatable bonds is 2. The van der Waals surface area contributed by atoms with Crippen LogP contribution in [0.4, 0.5) is 0 Å². The van der Waals surface area contributed by atoms with E-state index >= 15 is 0 Å². The van der Waals surface area contributed by atoms with Crippen LogP contribution in [0.2, 0.25) is 0 Å². The number of aromatic nitrogens is 1. The molecule has 58 valence electrons. The summed E-state index contributed by atoms with van der Waals surface area (Å²) in [7, 11) is 0. The summed E-state index contributed by atoms with van der Waals surface area (Å²) in [5, 5.41) is 9.08. The first kappa shape index (κ1) is 7.68. The maximum absolute atomic E-state index is 10.4. The topological polar surface area (TPSA) is 76.2 Å². The summed E-state index contributed by atoms with van der Waals surface area (Å²) in [5.41, 5.74) is 5.27. The number of nitrogens with zero attached hydrogens (tertiary/aromatic N) is 1. The van der Waals surface area contributed by atoms with E-state index in [1.54, 1.807) is 18.3 Å². The van der Waals surface area contributed by atoms with Crippen molar-refractivity contribution in [2.75, 3.05) is 0 Å². The van der Waals surface area contributed by atoms with E-state index in [1.165, 1.54) is 6.20 Å². The molecule has 1 atom stereocenters. The van der Waals surface area contributed by atoms with Crippen molar-refractivity contribution >= 4 is 5.91 Å². The molecule has 0 radical (unpaired) electrons. The molecule has 11 heavy (non-hydrogen) atoms. The second-order valence-electron chi connectivity index (χ2n) is 2.09. The van der Waals surface area contributed by atoms with Crippen molar-refractivity contribution < 1.29 is 9.90 Å². The van der Waals surface area contributed by atoms with Crippen LogP contribution in [-0.4, -0.2) is 16.0 Å². The zero-order valence-electron chi connectivity index (χ0n) is 5.77. The van der Waals surface area contributed by atoms with E-state index in [4.69, 9.17) is 10.8 Å². The van der Waals surface area contributed by atoms with Gasteiger partial charge in [-0.1, -0.05) is 6.07 Å². The number of hydrogen-bond acceptors (Lipinski definition) is 3. The van der Waals surface area contributed by atoms with Gasteiger partial charge in [-0.15, -0.1) is 0 Å². The summed E-state index contributed by atoms with van der Waals surface area (Å²) in [6.07, 6.45) is 1.70. The van der Waals surface area contributed by atoms with E-state index in [0.29, 0.717) is 5.56 Å². The molecule has 0 aliphatic carbocycles. The second-order valence-corrected chi connectivity index (χ2v) is 2.09. The number of primary amides is 1. The first-order valence-electron chi connectivity index (χ1n) is 3.09. The third-order valence-corrected chi connectivity index (χ3v) is 1.27. The predicted molar refractivity (Wildman–Crippen MR) is 38.4 cm³/mol. The number of aliphatic hydroxyl groups is 1. The van der Waals surface area contributed by atoms with Crippen LogP contribution in [0.1, 0.15) is 11.7 Å². The summed E-state index contributed by atoms with van der Waals surface area (Å²) >= 11 is 0. The number of pyridine rings is 1. The van der Waals surface area contributed by atoms with E-state index in [0.717, 1.165) is 0 Å². The molecular weight excluding hydrogens is 144 g/mol. The Morgan fingerprint density at radius 2 is 2.45 bits per heavy atom. The lowest BCUT2D eigenvalue weighted by molar-refractivity contribution is -0.126. The van der Waals surface area contributed by atoms with Crippen molar-refractivity contribution in [3.05, 3.63) is 30.1 Å². The van der Waals surface area contributed by atoms with Crippen LogP contribution in [0.3, 0.4) is 0 Å². The van der Waals surface area contributed by atoms with Gasteiger partial charge in [-0.25, -0.2) is 0 Å². The fourth-order valence-corrected chi connectivity index (χ4v) is 0.702. The highest BCUT2D eigenvalue weighted by Gasteiger charge is 2.12. The van der Waals surface area contributed by atoms with E-state index in [1.807, 2.05) is 0 Å². The highest BCUT2D eigenvalue weighted by atomic mass is 16.3. The zero-order chi connectivity index (χ0) is 8.27. The highest BCUT2D eigenvalue weighted by molar-refractivity contribution is 5.79. The Kier molecular flexibility index (Phi) is 2.18. The standard InChI is InChI=1S/C7H8N2O2/c8-7(11)6(10)5-2-1-3-9-4-5/h1-4,6,10H,(H2,8,11). The van der Waals surface area contributed by atoms with Gasteiger partial charge in [-0.2, -0.15) is 0 Å². The Morgan fingerprint density at radius 1 is 1.73 bits per heavy atom. The molecule has 0 saturated heterocycles. The number of amides is 1. The Morgan fingerprint density at radius 3 is 2.91 bits per heavy atom. The smallest absolute Gasteiger partial charge is 0.250 e. The number of aliphatic hydroxyl groups excluding tert-OH is 1. The molecular formula is C7H8N2O2. The maximum atomic E-state index is 10.4. The van der Waals surface area contributed by atoms with Crippen LogP contribution in [0, 0.1) is 0 Å². The lowest BCUT2D eigenvalue weighted by atomic mass is 10.1. The van der Waals surface area contributed by atoms with Gasteiger partial charge in [0.05, 0.1) is 0 Å². The van der Waals surface area contributed by atoms with Crippen molar-refractivity contribution in [1.82, 2.24) is 4.98 Å². The minimum atomic E-state index is -1.25. The van der Waals surface area contributed by atoms with Crippen LogP contribution >= 0.6 is 0 Å². The van der Waals surface area contributed by atoms with Crippen LogP contribution in [0.15, 0.2) is 24.5 Å². The van der Waals surface area contributed by atoms with Crippen molar-refractivity contribution in [3.63, 3.8) is 0 Å². The van der Waals surface area contributed by atoms with Gasteiger partial charge in [-0.3, -0.25) is 9.78 Å². The summed E-state index contributed by atoms with van der Waals surface area (Å²) in [5.74, 6) is -0.766. The average Bonchev–Trinajstić information content (AvgIpc) is 2.05. The van der Waals surface area contributed by atoms with E-state index in [2.05, 4.69) is 4.98 Å². The molecule has 1 unspecified atom stereocenters. The molecule has 0 bridgehead atoms. The Bertz CT molecular complexity index is 248. The molecule has 0 aliphatic heterocycles. The fraction of sp³-hybridized carbons (Fsp3) is 0.143. The normalized spacial score (nSPS) is 12.5. The van der Waals surface area contributed by atoms with Crippen LogP contribution < -0.4 is 5.73 Å². The van der Waals surface area contributed by atoms with Crippen molar-refractivity contribution in [1.29, 1.82) is 0 Å². The lowest BCUT2D eigenvalue weighted by Crippen LogP contribution is -2.20. The van der Waals surface area contributed by atoms with E-state index in [9.17, 15) is 4.79 Å². The van der Waals surface area contributed by atoms with Crippen LogP contribution in [0.25, 0.3) is 0 Å². The summed E-state index contributed by atoms with van der Waals surface area (Å²) in [4.78, 5) is 14.2. The quantitative estimate of drug-likeness (QED) is 0.605. The van der Waals surface area contributed by atoms with Gasteiger partial charge in [0.2, 0.25) is 0 Å². The number of hydrogen-bond donors (Lipinski definition) is 2. The number of carbonyl (C=O) groups excluding carboxylic acids is 1. The minimum absolute atomic E-state index is 0.417. The molecule has 1 heterocycles. The monoisotopic (exact) mass is 152 g/mol. The summed E-state index contributed by atoms with van der Waals surface area (Å²) in [6.45, 7) is 0. The molecule has 1 amide bonds. The summed E-state index contributed by atoms with van der Waals surface area (Å²) < 4.78 is 0. The first-order chi connectivity index (χ1) is 5.22. The summed E-state index contributed by atoms with van der Waals surface area (Å²) in [6, 6.07) is 3.21. The molecule has 1 aromatic rings. The first-order valence-corrected chi connectivity index (χ1v) is 3.09. The molecule has 1 aromatic heterocycles. The van der Waals surface area contributed by atoms with Gasteiger partial charge in [0.15, 0.2) is 6.10 Å². The van der Waals surface area contributed by atoms with Crippen LogP contribution in [-0.2, 0) is 4.79 Å². The maximum Gasteiger partial charge on any atom is 0.250 e. The molecule has 0 spiro atoms. The van der Waals surface area contributed by atoms with Gasteiger partial charge in [-0.05, 0) is 6.07 Å². The predicted octanol–water partition coefficient (Wildman–Crippen LogP) is -0.400. The molecule has 0 saturated carbocycles. The fourth-order valence-electron chi connectivity index (χ4n) is 0.702.